The molecule has 0 aromatic heterocycles. The van der Waals surface area contributed by atoms with Crippen molar-refractivity contribution >= 4 is 11.9 Å². The summed E-state index contributed by atoms with van der Waals surface area (Å²) < 4.78 is 0. The van der Waals surface area contributed by atoms with Gasteiger partial charge in [-0.1, -0.05) is 39.3 Å². The summed E-state index contributed by atoms with van der Waals surface area (Å²) in [4.78, 5) is 25.4. The predicted molar refractivity (Wildman–Crippen MR) is 137 cm³/mol. The number of aliphatic hydroxyl groups is 3. The van der Waals surface area contributed by atoms with Gasteiger partial charge in [-0.15, -0.1) is 0 Å². The van der Waals surface area contributed by atoms with Crippen molar-refractivity contribution in [2.75, 3.05) is 0 Å². The molecule has 0 aromatic rings. The van der Waals surface area contributed by atoms with Crippen LogP contribution in [0.15, 0.2) is 11.6 Å². The minimum Gasteiger partial charge on any atom is -0.481 e. The van der Waals surface area contributed by atoms with Crippen molar-refractivity contribution in [1.29, 1.82) is 0 Å². The Morgan fingerprint density at radius 2 is 1.54 bits per heavy atom. The highest BCUT2D eigenvalue weighted by molar-refractivity contribution is 5.77. The van der Waals surface area contributed by atoms with Gasteiger partial charge in [-0.05, 0) is 99.2 Å². The van der Waals surface area contributed by atoms with Crippen LogP contribution in [0.25, 0.3) is 0 Å². The molecule has 7 heteroatoms. The van der Waals surface area contributed by atoms with Gasteiger partial charge in [0.15, 0.2) is 0 Å². The molecule has 12 atom stereocenters. The molecule has 0 heterocycles. The van der Waals surface area contributed by atoms with Crippen LogP contribution in [0, 0.1) is 50.7 Å². The van der Waals surface area contributed by atoms with Gasteiger partial charge in [0.25, 0.3) is 0 Å². The number of aliphatic hydroxyl groups excluding tert-OH is 2. The molecule has 0 spiro atoms. The summed E-state index contributed by atoms with van der Waals surface area (Å²) in [6, 6.07) is 0. The number of carbonyl (C=O) groups is 2. The van der Waals surface area contributed by atoms with Gasteiger partial charge in [-0.25, -0.2) is 0 Å². The first kappa shape index (κ1) is 27.1. The van der Waals surface area contributed by atoms with E-state index in [2.05, 4.69) is 26.8 Å². The van der Waals surface area contributed by atoms with Crippen LogP contribution in [0.1, 0.15) is 92.9 Å². The minimum atomic E-state index is -1.44. The molecule has 5 rings (SSSR count). The second-order valence-corrected chi connectivity index (χ2v) is 14.7. The van der Waals surface area contributed by atoms with E-state index in [0.717, 1.165) is 12.0 Å². The highest BCUT2D eigenvalue weighted by Crippen LogP contribution is 2.76. The molecular formula is C30H46O7. The Hall–Kier alpha value is -1.44. The monoisotopic (exact) mass is 518 g/mol. The van der Waals surface area contributed by atoms with E-state index < -0.39 is 51.9 Å². The quantitative estimate of drug-likeness (QED) is 0.345. The molecule has 0 aliphatic heterocycles. The third kappa shape index (κ3) is 3.00. The van der Waals surface area contributed by atoms with Crippen LogP contribution < -0.4 is 0 Å². The maximum Gasteiger partial charge on any atom is 0.312 e. The maximum absolute atomic E-state index is 12.8. The Morgan fingerprint density at radius 3 is 2.14 bits per heavy atom. The molecule has 37 heavy (non-hydrogen) atoms. The highest BCUT2D eigenvalue weighted by Gasteiger charge is 2.73. The lowest BCUT2D eigenvalue weighted by molar-refractivity contribution is -0.243. The lowest BCUT2D eigenvalue weighted by atomic mass is 9.33. The van der Waals surface area contributed by atoms with Crippen LogP contribution in [-0.2, 0) is 9.59 Å². The number of hydrogen-bond donors (Lipinski definition) is 5. The Kier molecular flexibility index (Phi) is 5.73. The number of fused-ring (bicyclic) bond motifs is 7. The minimum absolute atomic E-state index is 0.0155. The summed E-state index contributed by atoms with van der Waals surface area (Å²) in [5.74, 6) is -2.57. The molecule has 2 unspecified atom stereocenters. The number of hydrogen-bond acceptors (Lipinski definition) is 5. The van der Waals surface area contributed by atoms with E-state index in [-0.39, 0.29) is 28.6 Å². The number of carboxylic acids is 2. The first-order valence-corrected chi connectivity index (χ1v) is 14.2. The zero-order valence-corrected chi connectivity index (χ0v) is 23.3. The molecule has 0 amide bonds. The van der Waals surface area contributed by atoms with Gasteiger partial charge in [-0.2, -0.15) is 0 Å². The zero-order chi connectivity index (χ0) is 27.6. The third-order valence-electron chi connectivity index (χ3n) is 13.6. The normalized spacial score (nSPS) is 57.2. The smallest absolute Gasteiger partial charge is 0.312 e. The SMILES string of the molecule is C[C@@H]1CC[C@]2(C(=O)O)CC[C@]3(C)C(=CC[C@@H]4[C@@]5(C)C[C@@H](O)[C@H](O)[C@@](C)(C(=O)O)C5CC[C@]43C)C2[C@]1(C)O. The van der Waals surface area contributed by atoms with E-state index >= 15 is 0 Å². The van der Waals surface area contributed by atoms with Gasteiger partial charge in [0, 0.05) is 5.92 Å². The molecule has 0 bridgehead atoms. The molecule has 5 aliphatic rings. The molecular weight excluding hydrogens is 472 g/mol. The maximum atomic E-state index is 12.8. The van der Waals surface area contributed by atoms with Crippen LogP contribution in [0.2, 0.25) is 0 Å². The fraction of sp³-hybridized carbons (Fsp3) is 0.867. The van der Waals surface area contributed by atoms with E-state index in [4.69, 9.17) is 0 Å². The van der Waals surface area contributed by atoms with Crippen molar-refractivity contribution in [2.24, 2.45) is 50.7 Å². The Labute approximate surface area is 220 Å². The molecule has 7 nitrogen and oxygen atoms in total. The summed E-state index contributed by atoms with van der Waals surface area (Å²) >= 11 is 0. The summed E-state index contributed by atoms with van der Waals surface area (Å²) in [5, 5.41) is 54.5. The van der Waals surface area contributed by atoms with Crippen LogP contribution in [0.4, 0.5) is 0 Å². The summed E-state index contributed by atoms with van der Waals surface area (Å²) in [7, 11) is 0. The second-order valence-electron chi connectivity index (χ2n) is 14.7. The third-order valence-corrected chi connectivity index (χ3v) is 13.6. The number of rotatable bonds is 2. The van der Waals surface area contributed by atoms with E-state index in [1.54, 1.807) is 6.92 Å². The summed E-state index contributed by atoms with van der Waals surface area (Å²) in [6.45, 7) is 12.1. The van der Waals surface area contributed by atoms with Gasteiger partial charge in [0.05, 0.1) is 28.6 Å². The van der Waals surface area contributed by atoms with Crippen LogP contribution in [-0.4, -0.2) is 55.3 Å². The molecule has 0 aromatic carbocycles. The lowest BCUT2D eigenvalue weighted by Gasteiger charge is -2.71. The molecule has 0 radical (unpaired) electrons. The van der Waals surface area contributed by atoms with Crippen LogP contribution in [0.5, 0.6) is 0 Å². The van der Waals surface area contributed by atoms with Gasteiger partial charge in [-0.3, -0.25) is 9.59 Å². The molecule has 5 N–H and O–H groups in total. The second kappa shape index (κ2) is 7.82. The number of carboxylic acid groups (broad SMARTS) is 2. The first-order chi connectivity index (χ1) is 16.9. The highest BCUT2D eigenvalue weighted by atomic mass is 16.4. The van der Waals surface area contributed by atoms with E-state index in [0.29, 0.717) is 44.9 Å². The molecule has 5 aliphatic carbocycles. The van der Waals surface area contributed by atoms with Gasteiger partial charge in [0.2, 0.25) is 0 Å². The molecule has 4 saturated carbocycles. The molecule has 0 saturated heterocycles. The number of allylic oxidation sites excluding steroid dienone is 1. The Balaban J connectivity index is 1.66. The van der Waals surface area contributed by atoms with E-state index in [1.807, 2.05) is 13.8 Å². The largest absolute Gasteiger partial charge is 0.481 e. The molecule has 208 valence electrons. The van der Waals surface area contributed by atoms with E-state index in [9.17, 15) is 35.1 Å². The van der Waals surface area contributed by atoms with Crippen molar-refractivity contribution in [1.82, 2.24) is 0 Å². The lowest BCUT2D eigenvalue weighted by Crippen LogP contribution is -2.70. The van der Waals surface area contributed by atoms with E-state index in [1.165, 1.54) is 0 Å². The topological polar surface area (TPSA) is 135 Å². The predicted octanol–water partition coefficient (Wildman–Crippen LogP) is 4.24. The first-order valence-electron chi connectivity index (χ1n) is 14.2. The summed E-state index contributed by atoms with van der Waals surface area (Å²) in [6.07, 6.45) is 4.64. The van der Waals surface area contributed by atoms with Crippen LogP contribution in [0.3, 0.4) is 0 Å². The van der Waals surface area contributed by atoms with Crippen molar-refractivity contribution < 1.29 is 35.1 Å². The fourth-order valence-corrected chi connectivity index (χ4v) is 10.9. The van der Waals surface area contributed by atoms with Crippen LogP contribution >= 0.6 is 0 Å². The van der Waals surface area contributed by atoms with Crippen molar-refractivity contribution in [3.8, 4) is 0 Å². The van der Waals surface area contributed by atoms with Gasteiger partial charge < -0.3 is 25.5 Å². The average Bonchev–Trinajstić information content (AvgIpc) is 2.80. The fourth-order valence-electron chi connectivity index (χ4n) is 10.9. The van der Waals surface area contributed by atoms with Gasteiger partial charge in [0.1, 0.15) is 0 Å². The standard InChI is InChI=1S/C30H46O7/c1-16-9-12-30(24(35)36)14-13-26(3)17(21(30)29(16,6)37)7-8-19-25(2)15-18(31)22(32)28(5,23(33)34)20(25)10-11-27(19,26)4/h7,16,18-22,31-32,37H,8-15H2,1-6H3,(H,33,34)(H,35,36)/t16-,18-,19-,20?,21?,22+,25-,26-,27-,28+,29-,30+/m1/s1. The van der Waals surface area contributed by atoms with Crippen molar-refractivity contribution in [3.63, 3.8) is 0 Å². The number of aliphatic carboxylic acids is 2. The van der Waals surface area contributed by atoms with Crippen molar-refractivity contribution in [3.05, 3.63) is 11.6 Å². The molecule has 4 fully saturated rings. The van der Waals surface area contributed by atoms with Gasteiger partial charge >= 0.3 is 11.9 Å². The Morgan fingerprint density at radius 1 is 0.892 bits per heavy atom. The zero-order valence-electron chi connectivity index (χ0n) is 23.3. The van der Waals surface area contributed by atoms with Crippen molar-refractivity contribution in [2.45, 2.75) is 111 Å². The summed E-state index contributed by atoms with van der Waals surface area (Å²) in [5.41, 5.74) is -3.59. The Bertz CT molecular complexity index is 1050. The average molecular weight is 519 g/mol.